The maximum atomic E-state index is 12.9. The van der Waals surface area contributed by atoms with E-state index in [9.17, 15) is 17.6 Å². The van der Waals surface area contributed by atoms with Gasteiger partial charge in [0.15, 0.2) is 0 Å². The third-order valence-electron chi connectivity index (χ3n) is 3.49. The molecule has 0 saturated heterocycles. The number of benzene rings is 2. The van der Waals surface area contributed by atoms with Crippen LogP contribution in [-0.2, 0) is 21.4 Å². The van der Waals surface area contributed by atoms with E-state index in [0.29, 0.717) is 11.6 Å². The van der Waals surface area contributed by atoms with E-state index in [1.165, 1.54) is 17.0 Å². The van der Waals surface area contributed by atoms with Gasteiger partial charge in [-0.15, -0.1) is 0 Å². The fourth-order valence-corrected chi connectivity index (χ4v) is 3.42. The Balaban J connectivity index is 1.86. The quantitative estimate of drug-likeness (QED) is 0.798. The summed E-state index contributed by atoms with van der Waals surface area (Å²) >= 11 is 5.91. The second-order valence-corrected chi connectivity index (χ2v) is 7.68. The van der Waals surface area contributed by atoms with Gasteiger partial charge >= 0.3 is 0 Å². The zero-order valence-corrected chi connectivity index (χ0v) is 15.1. The Bertz CT molecular complexity index is 841. The molecular weight excluding hydrogens is 367 g/mol. The first-order valence-electron chi connectivity index (χ1n) is 7.51. The Labute approximate surface area is 151 Å². The summed E-state index contributed by atoms with van der Waals surface area (Å²) in [5.41, 5.74) is 0.884. The summed E-state index contributed by atoms with van der Waals surface area (Å²) < 4.78 is 39.3. The number of amides is 1. The highest BCUT2D eigenvalue weighted by Gasteiger charge is 2.15. The second-order valence-electron chi connectivity index (χ2n) is 5.48. The molecule has 0 spiro atoms. The smallest absolute Gasteiger partial charge is 0.240 e. The van der Waals surface area contributed by atoms with Gasteiger partial charge in [-0.1, -0.05) is 23.7 Å². The summed E-state index contributed by atoms with van der Waals surface area (Å²) in [5.74, 6) is -0.724. The van der Waals surface area contributed by atoms with Gasteiger partial charge in [0.1, 0.15) is 5.82 Å². The van der Waals surface area contributed by atoms with E-state index in [1.807, 2.05) is 6.07 Å². The molecule has 25 heavy (non-hydrogen) atoms. The van der Waals surface area contributed by atoms with Crippen LogP contribution < -0.4 is 4.72 Å². The van der Waals surface area contributed by atoms with Crippen LogP contribution in [-0.4, -0.2) is 32.8 Å². The molecule has 5 nitrogen and oxygen atoms in total. The van der Waals surface area contributed by atoms with Crippen LogP contribution in [0.25, 0.3) is 0 Å². The predicted molar refractivity (Wildman–Crippen MR) is 94.1 cm³/mol. The molecular formula is C17H18ClFN2O3S. The molecule has 0 heterocycles. The molecule has 0 radical (unpaired) electrons. The molecule has 2 rings (SSSR count). The van der Waals surface area contributed by atoms with E-state index in [4.69, 9.17) is 11.6 Å². The van der Waals surface area contributed by atoms with Crippen LogP contribution in [0, 0.1) is 5.82 Å². The number of carbonyl (C=O) groups is 1. The molecule has 0 fully saturated rings. The first kappa shape index (κ1) is 19.4. The Morgan fingerprint density at radius 2 is 1.88 bits per heavy atom. The van der Waals surface area contributed by atoms with E-state index in [0.717, 1.165) is 17.7 Å². The van der Waals surface area contributed by atoms with Crippen LogP contribution in [0.5, 0.6) is 0 Å². The highest BCUT2D eigenvalue weighted by atomic mass is 35.5. The van der Waals surface area contributed by atoms with Gasteiger partial charge in [-0.2, -0.15) is 0 Å². The summed E-state index contributed by atoms with van der Waals surface area (Å²) in [4.78, 5) is 13.6. The Hall–Kier alpha value is -1.96. The van der Waals surface area contributed by atoms with Crippen LogP contribution in [0.1, 0.15) is 12.0 Å². The number of sulfonamides is 1. The number of carbonyl (C=O) groups excluding carboxylic acids is 1. The molecule has 0 aliphatic carbocycles. The number of nitrogens with zero attached hydrogens (tertiary/aromatic N) is 1. The fourth-order valence-electron chi connectivity index (χ4n) is 2.18. The standard InChI is InChI=1S/C17H18ClFN2O3S/c1-21(12-13-3-2-4-14(18)11-13)17(22)9-10-20-25(23,24)16-7-5-15(19)6-8-16/h2-8,11,20H,9-10,12H2,1H3. The number of halogens is 2. The summed E-state index contributed by atoms with van der Waals surface area (Å²) in [6.45, 7) is 0.336. The number of nitrogens with one attached hydrogen (secondary N) is 1. The van der Waals surface area contributed by atoms with Gasteiger partial charge < -0.3 is 4.90 Å². The zero-order chi connectivity index (χ0) is 18.4. The topological polar surface area (TPSA) is 66.5 Å². The lowest BCUT2D eigenvalue weighted by Crippen LogP contribution is -2.31. The minimum atomic E-state index is -3.77. The van der Waals surface area contributed by atoms with E-state index in [1.54, 1.807) is 25.2 Å². The molecule has 8 heteroatoms. The zero-order valence-electron chi connectivity index (χ0n) is 13.6. The third kappa shape index (κ3) is 5.81. The van der Waals surface area contributed by atoms with Crippen molar-refractivity contribution in [2.45, 2.75) is 17.9 Å². The summed E-state index contributed by atoms with van der Waals surface area (Å²) in [6.07, 6.45) is 0.0114. The van der Waals surface area contributed by atoms with Gasteiger partial charge in [0.05, 0.1) is 4.90 Å². The summed E-state index contributed by atoms with van der Waals surface area (Å²) in [5, 5.41) is 0.588. The highest BCUT2D eigenvalue weighted by molar-refractivity contribution is 7.89. The molecule has 2 aromatic rings. The maximum Gasteiger partial charge on any atom is 0.240 e. The molecule has 1 N–H and O–H groups in total. The van der Waals surface area contributed by atoms with Crippen LogP contribution in [0.2, 0.25) is 5.02 Å². The molecule has 0 aromatic heterocycles. The van der Waals surface area contributed by atoms with Crippen LogP contribution >= 0.6 is 11.6 Å². The average molecular weight is 385 g/mol. The first-order valence-corrected chi connectivity index (χ1v) is 9.38. The van der Waals surface area contributed by atoms with E-state index in [2.05, 4.69) is 4.72 Å². The maximum absolute atomic E-state index is 12.9. The minimum Gasteiger partial charge on any atom is -0.341 e. The van der Waals surface area contributed by atoms with E-state index < -0.39 is 15.8 Å². The van der Waals surface area contributed by atoms with Gasteiger partial charge in [-0.3, -0.25) is 4.79 Å². The third-order valence-corrected chi connectivity index (χ3v) is 5.20. The predicted octanol–water partition coefficient (Wildman–Crippen LogP) is 2.81. The second kappa shape index (κ2) is 8.42. The largest absolute Gasteiger partial charge is 0.341 e. The summed E-state index contributed by atoms with van der Waals surface area (Å²) in [6, 6.07) is 11.6. The molecule has 134 valence electrons. The Morgan fingerprint density at radius 1 is 1.20 bits per heavy atom. The van der Waals surface area contributed by atoms with Crippen molar-refractivity contribution < 1.29 is 17.6 Å². The lowest BCUT2D eigenvalue weighted by molar-refractivity contribution is -0.130. The average Bonchev–Trinajstić information content (AvgIpc) is 2.55. The molecule has 0 aliphatic rings. The van der Waals surface area contributed by atoms with Crippen molar-refractivity contribution in [1.82, 2.24) is 9.62 Å². The lowest BCUT2D eigenvalue weighted by atomic mass is 10.2. The first-order chi connectivity index (χ1) is 11.8. The monoisotopic (exact) mass is 384 g/mol. The lowest BCUT2D eigenvalue weighted by Gasteiger charge is -2.17. The molecule has 0 bridgehead atoms. The highest BCUT2D eigenvalue weighted by Crippen LogP contribution is 2.13. The molecule has 0 atom stereocenters. The molecule has 0 unspecified atom stereocenters. The van der Waals surface area contributed by atoms with Gasteiger partial charge in [-0.25, -0.2) is 17.5 Å². The van der Waals surface area contributed by atoms with Crippen molar-refractivity contribution in [2.24, 2.45) is 0 Å². The van der Waals surface area contributed by atoms with Crippen molar-refractivity contribution in [3.8, 4) is 0 Å². The molecule has 0 aliphatic heterocycles. The van der Waals surface area contributed by atoms with Gasteiger partial charge in [0.2, 0.25) is 15.9 Å². The van der Waals surface area contributed by atoms with Crippen LogP contribution in [0.3, 0.4) is 0 Å². The number of hydrogen-bond acceptors (Lipinski definition) is 3. The molecule has 2 aromatic carbocycles. The Morgan fingerprint density at radius 3 is 2.52 bits per heavy atom. The van der Waals surface area contributed by atoms with Crippen molar-refractivity contribution in [2.75, 3.05) is 13.6 Å². The SMILES string of the molecule is CN(Cc1cccc(Cl)c1)C(=O)CCNS(=O)(=O)c1ccc(F)cc1. The van der Waals surface area contributed by atoms with Crippen LogP contribution in [0.4, 0.5) is 4.39 Å². The summed E-state index contributed by atoms with van der Waals surface area (Å²) in [7, 11) is -2.13. The van der Waals surface area contributed by atoms with E-state index in [-0.39, 0.29) is 23.8 Å². The van der Waals surface area contributed by atoms with Crippen LogP contribution in [0.15, 0.2) is 53.4 Å². The van der Waals surface area contributed by atoms with E-state index >= 15 is 0 Å². The minimum absolute atomic E-state index is 0.0114. The Kier molecular flexibility index (Phi) is 6.52. The van der Waals surface area contributed by atoms with Gasteiger partial charge in [-0.05, 0) is 42.0 Å². The van der Waals surface area contributed by atoms with Crippen molar-refractivity contribution in [3.63, 3.8) is 0 Å². The molecule has 1 amide bonds. The van der Waals surface area contributed by atoms with Crippen molar-refractivity contribution in [1.29, 1.82) is 0 Å². The fraction of sp³-hybridized carbons (Fsp3) is 0.235. The van der Waals surface area contributed by atoms with Gasteiger partial charge in [0, 0.05) is 31.6 Å². The normalized spacial score (nSPS) is 11.3. The molecule has 0 saturated carbocycles. The van der Waals surface area contributed by atoms with Crippen molar-refractivity contribution >= 4 is 27.5 Å². The number of rotatable bonds is 7. The number of hydrogen-bond donors (Lipinski definition) is 1. The van der Waals surface area contributed by atoms with Gasteiger partial charge in [0.25, 0.3) is 0 Å². The van der Waals surface area contributed by atoms with Crippen molar-refractivity contribution in [3.05, 3.63) is 64.9 Å².